The largest absolute Gasteiger partial charge is 0.395 e. The van der Waals surface area contributed by atoms with Gasteiger partial charge in [-0.2, -0.15) is 0 Å². The lowest BCUT2D eigenvalue weighted by Gasteiger charge is -2.16. The molecule has 0 spiro atoms. The van der Waals surface area contributed by atoms with Crippen molar-refractivity contribution in [1.82, 2.24) is 14.5 Å². The first-order valence-electron chi connectivity index (χ1n) is 7.02. The quantitative estimate of drug-likeness (QED) is 0.827. The van der Waals surface area contributed by atoms with Crippen LogP contribution in [0.1, 0.15) is 17.0 Å². The standard InChI is InChI=1S/C15H24N4O/c1-11-8-13-14(9-12(11)2)19(5-4-16)15(17-13)10-18(3)6-7-20/h8-9,20H,4-7,10,16H2,1-3H3. The first-order valence-corrected chi connectivity index (χ1v) is 7.02. The van der Waals surface area contributed by atoms with Crippen LogP contribution in [-0.4, -0.2) is 46.3 Å². The van der Waals surface area contributed by atoms with E-state index < -0.39 is 0 Å². The van der Waals surface area contributed by atoms with Crippen LogP contribution < -0.4 is 5.73 Å². The molecule has 5 nitrogen and oxygen atoms in total. The van der Waals surface area contributed by atoms with E-state index in [9.17, 15) is 0 Å². The molecule has 3 N–H and O–H groups in total. The van der Waals surface area contributed by atoms with Gasteiger partial charge in [-0.25, -0.2) is 4.98 Å². The Kier molecular flexibility index (Phi) is 4.75. The number of imidazole rings is 1. The van der Waals surface area contributed by atoms with Gasteiger partial charge in [0.15, 0.2) is 0 Å². The van der Waals surface area contributed by atoms with Crippen molar-refractivity contribution in [1.29, 1.82) is 0 Å². The highest BCUT2D eigenvalue weighted by Gasteiger charge is 2.13. The fourth-order valence-corrected chi connectivity index (χ4v) is 2.42. The molecule has 1 heterocycles. The Balaban J connectivity index is 2.44. The molecule has 5 heteroatoms. The average Bonchev–Trinajstić information content (AvgIpc) is 2.69. The van der Waals surface area contributed by atoms with E-state index in [4.69, 9.17) is 15.8 Å². The second-order valence-electron chi connectivity index (χ2n) is 5.35. The third-order valence-electron chi connectivity index (χ3n) is 3.69. The number of aryl methyl sites for hydroxylation is 2. The Bertz CT molecular complexity index is 591. The smallest absolute Gasteiger partial charge is 0.124 e. The lowest BCUT2D eigenvalue weighted by atomic mass is 10.1. The zero-order valence-corrected chi connectivity index (χ0v) is 12.6. The van der Waals surface area contributed by atoms with Crippen LogP contribution in [0.15, 0.2) is 12.1 Å². The predicted molar refractivity (Wildman–Crippen MR) is 81.7 cm³/mol. The van der Waals surface area contributed by atoms with Crippen molar-refractivity contribution in [2.24, 2.45) is 5.73 Å². The molecule has 110 valence electrons. The highest BCUT2D eigenvalue weighted by atomic mass is 16.3. The van der Waals surface area contributed by atoms with Gasteiger partial charge in [0.05, 0.1) is 24.2 Å². The summed E-state index contributed by atoms with van der Waals surface area (Å²) >= 11 is 0. The van der Waals surface area contributed by atoms with Crippen LogP contribution in [0.5, 0.6) is 0 Å². The van der Waals surface area contributed by atoms with E-state index in [1.54, 1.807) is 0 Å². The highest BCUT2D eigenvalue weighted by molar-refractivity contribution is 5.78. The minimum Gasteiger partial charge on any atom is -0.395 e. The molecule has 0 aliphatic rings. The second kappa shape index (κ2) is 6.35. The summed E-state index contributed by atoms with van der Waals surface area (Å²) in [5.41, 5.74) is 10.4. The molecule has 20 heavy (non-hydrogen) atoms. The number of aliphatic hydroxyl groups excluding tert-OH is 1. The Labute approximate surface area is 120 Å². The van der Waals surface area contributed by atoms with E-state index in [1.165, 1.54) is 11.1 Å². The summed E-state index contributed by atoms with van der Waals surface area (Å²) in [5, 5.41) is 9.01. The molecule has 0 aliphatic heterocycles. The molecule has 0 amide bonds. The second-order valence-corrected chi connectivity index (χ2v) is 5.35. The Morgan fingerprint density at radius 2 is 2.00 bits per heavy atom. The van der Waals surface area contributed by atoms with Crippen LogP contribution in [0.3, 0.4) is 0 Å². The summed E-state index contributed by atoms with van der Waals surface area (Å²) in [6.45, 7) is 7.10. The van der Waals surface area contributed by atoms with Gasteiger partial charge in [0.2, 0.25) is 0 Å². The van der Waals surface area contributed by atoms with Gasteiger partial charge in [-0.05, 0) is 44.2 Å². The molecule has 0 fully saturated rings. The lowest BCUT2D eigenvalue weighted by Crippen LogP contribution is -2.24. The molecule has 0 saturated carbocycles. The molecule has 0 radical (unpaired) electrons. The normalized spacial score (nSPS) is 11.7. The van der Waals surface area contributed by atoms with E-state index in [-0.39, 0.29) is 6.61 Å². The molecule has 0 atom stereocenters. The molecule has 0 saturated heterocycles. The number of hydrogen-bond donors (Lipinski definition) is 2. The zero-order chi connectivity index (χ0) is 14.7. The van der Waals surface area contributed by atoms with E-state index in [2.05, 4.69) is 35.4 Å². The monoisotopic (exact) mass is 276 g/mol. The van der Waals surface area contributed by atoms with Crippen LogP contribution >= 0.6 is 0 Å². The lowest BCUT2D eigenvalue weighted by molar-refractivity contribution is 0.213. The number of rotatable bonds is 6. The van der Waals surface area contributed by atoms with Crippen molar-refractivity contribution >= 4 is 11.0 Å². The average molecular weight is 276 g/mol. The van der Waals surface area contributed by atoms with Gasteiger partial charge in [-0.15, -0.1) is 0 Å². The number of likely N-dealkylation sites (N-methyl/N-ethyl adjacent to an activating group) is 1. The van der Waals surface area contributed by atoms with Crippen LogP contribution in [0.4, 0.5) is 0 Å². The Morgan fingerprint density at radius 1 is 1.30 bits per heavy atom. The maximum absolute atomic E-state index is 9.01. The van der Waals surface area contributed by atoms with Crippen molar-refractivity contribution in [2.75, 3.05) is 26.7 Å². The molecule has 2 aromatic rings. The van der Waals surface area contributed by atoms with Crippen LogP contribution in [0.25, 0.3) is 11.0 Å². The Morgan fingerprint density at radius 3 is 2.65 bits per heavy atom. The minimum absolute atomic E-state index is 0.159. The maximum Gasteiger partial charge on any atom is 0.124 e. The fourth-order valence-electron chi connectivity index (χ4n) is 2.42. The number of nitrogens with two attached hydrogens (primary N) is 1. The van der Waals surface area contributed by atoms with Gasteiger partial charge in [0.25, 0.3) is 0 Å². The maximum atomic E-state index is 9.01. The van der Waals surface area contributed by atoms with Crippen LogP contribution in [0.2, 0.25) is 0 Å². The van der Waals surface area contributed by atoms with Gasteiger partial charge < -0.3 is 15.4 Å². The molecular formula is C15H24N4O. The highest BCUT2D eigenvalue weighted by Crippen LogP contribution is 2.21. The summed E-state index contributed by atoms with van der Waals surface area (Å²) < 4.78 is 2.19. The minimum atomic E-state index is 0.159. The Hall–Kier alpha value is -1.43. The number of benzene rings is 1. The van der Waals surface area contributed by atoms with Gasteiger partial charge in [-0.1, -0.05) is 0 Å². The van der Waals surface area contributed by atoms with Crippen molar-refractivity contribution in [2.45, 2.75) is 26.9 Å². The van der Waals surface area contributed by atoms with E-state index in [0.29, 0.717) is 19.6 Å². The fraction of sp³-hybridized carbons (Fsp3) is 0.533. The molecule has 0 unspecified atom stereocenters. The van der Waals surface area contributed by atoms with Gasteiger partial charge in [0.1, 0.15) is 5.82 Å². The topological polar surface area (TPSA) is 67.3 Å². The SMILES string of the molecule is Cc1cc2nc(CN(C)CCO)n(CCN)c2cc1C. The van der Waals surface area contributed by atoms with Crippen molar-refractivity contribution < 1.29 is 5.11 Å². The first-order chi connectivity index (χ1) is 9.56. The van der Waals surface area contributed by atoms with Crippen molar-refractivity contribution in [3.05, 3.63) is 29.1 Å². The van der Waals surface area contributed by atoms with Crippen molar-refractivity contribution in [3.63, 3.8) is 0 Å². The molecule has 2 rings (SSSR count). The number of fused-ring (bicyclic) bond motifs is 1. The summed E-state index contributed by atoms with van der Waals surface area (Å²) in [6.07, 6.45) is 0. The molecule has 0 aliphatic carbocycles. The van der Waals surface area contributed by atoms with E-state index in [1.807, 2.05) is 7.05 Å². The van der Waals surface area contributed by atoms with Crippen molar-refractivity contribution in [3.8, 4) is 0 Å². The third-order valence-corrected chi connectivity index (χ3v) is 3.69. The third kappa shape index (κ3) is 3.00. The van der Waals surface area contributed by atoms with Crippen LogP contribution in [0, 0.1) is 13.8 Å². The number of aliphatic hydroxyl groups is 1. The van der Waals surface area contributed by atoms with Gasteiger partial charge >= 0.3 is 0 Å². The van der Waals surface area contributed by atoms with E-state index in [0.717, 1.165) is 23.4 Å². The van der Waals surface area contributed by atoms with E-state index >= 15 is 0 Å². The molecule has 1 aromatic heterocycles. The number of nitrogens with zero attached hydrogens (tertiary/aromatic N) is 3. The molecule has 1 aromatic carbocycles. The van der Waals surface area contributed by atoms with Gasteiger partial charge in [-0.3, -0.25) is 4.90 Å². The number of aromatic nitrogens is 2. The number of hydrogen-bond acceptors (Lipinski definition) is 4. The predicted octanol–water partition coefficient (Wildman–Crippen LogP) is 1.04. The van der Waals surface area contributed by atoms with Crippen LogP contribution in [-0.2, 0) is 13.1 Å². The summed E-state index contributed by atoms with van der Waals surface area (Å²) in [5.74, 6) is 1.01. The molecular weight excluding hydrogens is 252 g/mol. The summed E-state index contributed by atoms with van der Waals surface area (Å²) in [4.78, 5) is 6.80. The van der Waals surface area contributed by atoms with Gasteiger partial charge in [0, 0.05) is 19.6 Å². The summed E-state index contributed by atoms with van der Waals surface area (Å²) in [7, 11) is 1.98. The first kappa shape index (κ1) is 15.0. The summed E-state index contributed by atoms with van der Waals surface area (Å²) in [6, 6.07) is 4.32. The molecule has 0 bridgehead atoms. The zero-order valence-electron chi connectivity index (χ0n) is 12.6.